The van der Waals surface area contributed by atoms with Gasteiger partial charge in [0.2, 0.25) is 0 Å². The number of aromatic nitrogens is 2. The van der Waals surface area contributed by atoms with Crippen LogP contribution in [0.4, 0.5) is 0 Å². The van der Waals surface area contributed by atoms with Crippen LogP contribution < -0.4 is 4.74 Å². The summed E-state index contributed by atoms with van der Waals surface area (Å²) >= 11 is 0. The normalized spacial score (nSPS) is 10.5. The minimum Gasteiger partial charge on any atom is -0.497 e. The molecule has 23 heavy (non-hydrogen) atoms. The molecule has 0 aliphatic heterocycles. The zero-order valence-electron chi connectivity index (χ0n) is 12.7. The van der Waals surface area contributed by atoms with Crippen LogP contribution in [-0.2, 0) is 0 Å². The van der Waals surface area contributed by atoms with Gasteiger partial charge in [-0.25, -0.2) is 4.98 Å². The van der Waals surface area contributed by atoms with Gasteiger partial charge in [-0.15, -0.1) is 0 Å². The third kappa shape index (κ3) is 2.51. The summed E-state index contributed by atoms with van der Waals surface area (Å²) in [5.74, 6) is 4.06. The fraction of sp³-hybridized carbons (Fsp3) is 0.0500. The van der Waals surface area contributed by atoms with Crippen LogP contribution >= 0.6 is 0 Å². The third-order valence-corrected chi connectivity index (χ3v) is 3.82. The summed E-state index contributed by atoms with van der Waals surface area (Å²) in [5.41, 5.74) is 2.94. The molecule has 0 unspecified atom stereocenters. The first-order chi connectivity index (χ1) is 11.3. The van der Waals surface area contributed by atoms with Crippen LogP contribution in [0.25, 0.3) is 21.8 Å². The maximum atomic E-state index is 5.25. The number of ether oxygens (including phenoxy) is 1. The SMILES string of the molecule is COc1ccc2cc(C#Cn3cnc4ccccc43)ccc2c1. The van der Waals surface area contributed by atoms with Crippen molar-refractivity contribution in [2.45, 2.75) is 0 Å². The topological polar surface area (TPSA) is 27.1 Å². The Morgan fingerprint density at radius 3 is 2.70 bits per heavy atom. The van der Waals surface area contributed by atoms with Crippen molar-refractivity contribution in [1.29, 1.82) is 0 Å². The monoisotopic (exact) mass is 298 g/mol. The Morgan fingerprint density at radius 2 is 1.78 bits per heavy atom. The van der Waals surface area contributed by atoms with Gasteiger partial charge in [-0.1, -0.05) is 24.3 Å². The largest absolute Gasteiger partial charge is 0.497 e. The highest BCUT2D eigenvalue weighted by Crippen LogP contribution is 2.21. The molecule has 0 aliphatic carbocycles. The lowest BCUT2D eigenvalue weighted by Crippen LogP contribution is -1.86. The summed E-state index contributed by atoms with van der Waals surface area (Å²) in [5, 5.41) is 2.29. The first-order valence-corrected chi connectivity index (χ1v) is 7.35. The molecular formula is C20H14N2O. The average Bonchev–Trinajstić information content (AvgIpc) is 3.02. The van der Waals surface area contributed by atoms with Crippen LogP contribution in [-0.4, -0.2) is 16.7 Å². The summed E-state index contributed by atoms with van der Waals surface area (Å²) in [7, 11) is 1.68. The van der Waals surface area contributed by atoms with E-state index in [1.54, 1.807) is 13.4 Å². The molecule has 1 aromatic heterocycles. The second kappa shape index (κ2) is 5.51. The molecule has 0 saturated heterocycles. The zero-order valence-corrected chi connectivity index (χ0v) is 12.7. The van der Waals surface area contributed by atoms with Gasteiger partial charge in [0, 0.05) is 11.6 Å². The molecule has 110 valence electrons. The molecule has 0 atom stereocenters. The predicted molar refractivity (Wildman–Crippen MR) is 92.5 cm³/mol. The standard InChI is InChI=1S/C20H14N2O/c1-23-18-9-8-16-12-15(6-7-17(16)13-18)10-11-22-14-21-19-4-2-3-5-20(19)22/h2-9,12-14H,1H3. The molecule has 0 bridgehead atoms. The van der Waals surface area contributed by atoms with E-state index in [0.717, 1.165) is 33.1 Å². The van der Waals surface area contributed by atoms with Crippen molar-refractivity contribution in [3.05, 3.63) is 72.6 Å². The summed E-state index contributed by atoms with van der Waals surface area (Å²) in [4.78, 5) is 4.35. The summed E-state index contributed by atoms with van der Waals surface area (Å²) < 4.78 is 7.11. The zero-order chi connectivity index (χ0) is 15.6. The molecule has 4 aromatic rings. The molecule has 0 N–H and O–H groups in total. The average molecular weight is 298 g/mol. The molecule has 0 amide bonds. The van der Waals surface area contributed by atoms with Crippen molar-refractivity contribution in [3.8, 4) is 17.7 Å². The lowest BCUT2D eigenvalue weighted by atomic mass is 10.1. The van der Waals surface area contributed by atoms with Crippen molar-refractivity contribution in [3.63, 3.8) is 0 Å². The molecule has 0 fully saturated rings. The Hall–Kier alpha value is -3.25. The van der Waals surface area contributed by atoms with E-state index in [-0.39, 0.29) is 0 Å². The second-order valence-corrected chi connectivity index (χ2v) is 5.27. The highest BCUT2D eigenvalue weighted by molar-refractivity contribution is 5.85. The molecule has 3 aromatic carbocycles. The third-order valence-electron chi connectivity index (χ3n) is 3.82. The first-order valence-electron chi connectivity index (χ1n) is 7.35. The van der Waals surface area contributed by atoms with Crippen LogP contribution in [0.3, 0.4) is 0 Å². The maximum absolute atomic E-state index is 5.25. The lowest BCUT2D eigenvalue weighted by molar-refractivity contribution is 0.415. The molecule has 3 nitrogen and oxygen atoms in total. The Kier molecular flexibility index (Phi) is 3.21. The number of para-hydroxylation sites is 2. The van der Waals surface area contributed by atoms with Crippen molar-refractivity contribution in [1.82, 2.24) is 9.55 Å². The van der Waals surface area contributed by atoms with Crippen molar-refractivity contribution in [2.24, 2.45) is 0 Å². The number of rotatable bonds is 1. The van der Waals surface area contributed by atoms with E-state index in [1.165, 1.54) is 0 Å². The van der Waals surface area contributed by atoms with Gasteiger partial charge in [-0.3, -0.25) is 4.57 Å². The smallest absolute Gasteiger partial charge is 0.119 e. The summed E-state index contributed by atoms with van der Waals surface area (Å²) in [6.07, 6.45) is 1.75. The quantitative estimate of drug-likeness (QED) is 0.496. The molecule has 3 heteroatoms. The van der Waals surface area contributed by atoms with Crippen LogP contribution in [0.2, 0.25) is 0 Å². The van der Waals surface area contributed by atoms with Crippen LogP contribution in [0.1, 0.15) is 5.56 Å². The van der Waals surface area contributed by atoms with Gasteiger partial charge in [0.25, 0.3) is 0 Å². The van der Waals surface area contributed by atoms with Crippen molar-refractivity contribution < 1.29 is 4.74 Å². The van der Waals surface area contributed by atoms with E-state index in [1.807, 2.05) is 53.1 Å². The van der Waals surface area contributed by atoms with Gasteiger partial charge in [0.1, 0.15) is 12.1 Å². The number of nitrogens with zero attached hydrogens (tertiary/aromatic N) is 2. The fourth-order valence-electron chi connectivity index (χ4n) is 2.60. The predicted octanol–water partition coefficient (Wildman–Crippen LogP) is 4.06. The van der Waals surface area contributed by atoms with Crippen LogP contribution in [0.15, 0.2) is 67.0 Å². The number of hydrogen-bond donors (Lipinski definition) is 0. The van der Waals surface area contributed by atoms with E-state index in [4.69, 9.17) is 4.74 Å². The van der Waals surface area contributed by atoms with Crippen LogP contribution in [0, 0.1) is 12.0 Å². The Morgan fingerprint density at radius 1 is 0.957 bits per heavy atom. The Bertz CT molecular complexity index is 1070. The van der Waals surface area contributed by atoms with E-state index in [2.05, 4.69) is 29.1 Å². The van der Waals surface area contributed by atoms with Gasteiger partial charge in [0.05, 0.1) is 18.1 Å². The van der Waals surface area contributed by atoms with Crippen molar-refractivity contribution in [2.75, 3.05) is 7.11 Å². The number of benzene rings is 3. The van der Waals surface area contributed by atoms with Gasteiger partial charge in [0.15, 0.2) is 0 Å². The fourth-order valence-corrected chi connectivity index (χ4v) is 2.60. The van der Waals surface area contributed by atoms with Crippen LogP contribution in [0.5, 0.6) is 5.75 Å². The highest BCUT2D eigenvalue weighted by Gasteiger charge is 1.99. The molecular weight excluding hydrogens is 284 g/mol. The number of hydrogen-bond acceptors (Lipinski definition) is 2. The van der Waals surface area contributed by atoms with E-state index in [0.29, 0.717) is 0 Å². The minimum atomic E-state index is 0.862. The Labute approximate surface area is 134 Å². The number of methoxy groups -OCH3 is 1. The van der Waals surface area contributed by atoms with Gasteiger partial charge in [-0.2, -0.15) is 0 Å². The summed E-state index contributed by atoms with van der Waals surface area (Å²) in [6, 6.07) is 23.3. The van der Waals surface area contributed by atoms with E-state index >= 15 is 0 Å². The molecule has 0 aliphatic rings. The number of imidazole rings is 1. The van der Waals surface area contributed by atoms with E-state index in [9.17, 15) is 0 Å². The molecule has 0 spiro atoms. The summed E-state index contributed by atoms with van der Waals surface area (Å²) in [6.45, 7) is 0. The molecule has 1 heterocycles. The van der Waals surface area contributed by atoms with Gasteiger partial charge < -0.3 is 4.74 Å². The minimum absolute atomic E-state index is 0.862. The molecule has 0 saturated carbocycles. The van der Waals surface area contributed by atoms with E-state index < -0.39 is 0 Å². The Balaban J connectivity index is 1.73. The molecule has 4 rings (SSSR count). The number of fused-ring (bicyclic) bond motifs is 2. The molecule has 0 radical (unpaired) electrons. The van der Waals surface area contributed by atoms with Gasteiger partial charge >= 0.3 is 0 Å². The van der Waals surface area contributed by atoms with Crippen molar-refractivity contribution >= 4 is 21.8 Å². The van der Waals surface area contributed by atoms with Gasteiger partial charge in [-0.05, 0) is 53.1 Å². The first kappa shape index (κ1) is 13.4. The second-order valence-electron chi connectivity index (χ2n) is 5.27. The maximum Gasteiger partial charge on any atom is 0.119 e. The highest BCUT2D eigenvalue weighted by atomic mass is 16.5. The lowest BCUT2D eigenvalue weighted by Gasteiger charge is -2.02.